The number of carbonyl (C=O) groups excluding carboxylic acids is 1. The lowest BCUT2D eigenvalue weighted by Gasteiger charge is -2.26. The Balaban J connectivity index is 1.78. The van der Waals surface area contributed by atoms with Crippen molar-refractivity contribution in [2.75, 3.05) is 6.54 Å². The van der Waals surface area contributed by atoms with Crippen LogP contribution in [0, 0.1) is 13.8 Å². The molecule has 1 fully saturated rings. The Kier molecular flexibility index (Phi) is 5.43. The van der Waals surface area contributed by atoms with Gasteiger partial charge in [-0.2, -0.15) is 0 Å². The number of likely N-dealkylation sites (tertiary alicyclic amines) is 1. The number of hydrogen-bond acceptors (Lipinski definition) is 5. The summed E-state index contributed by atoms with van der Waals surface area (Å²) in [5.41, 5.74) is 4.24. The molecule has 0 aliphatic carbocycles. The summed E-state index contributed by atoms with van der Waals surface area (Å²) in [6.45, 7) is 6.75. The Morgan fingerprint density at radius 2 is 2.03 bits per heavy atom. The topological polar surface area (TPSA) is 72.1 Å². The van der Waals surface area contributed by atoms with Crippen molar-refractivity contribution < 1.29 is 9.32 Å². The highest BCUT2D eigenvalue weighted by atomic mass is 16.5. The third kappa shape index (κ3) is 3.67. The Morgan fingerprint density at radius 3 is 2.72 bits per heavy atom. The lowest BCUT2D eigenvalue weighted by molar-refractivity contribution is 0.0733. The summed E-state index contributed by atoms with van der Waals surface area (Å²) in [4.78, 5) is 24.6. The lowest BCUT2D eigenvalue weighted by atomic mass is 10.0. The van der Waals surface area contributed by atoms with Crippen molar-refractivity contribution in [2.24, 2.45) is 0 Å². The molecule has 0 N–H and O–H groups in total. The van der Waals surface area contributed by atoms with E-state index in [1.165, 1.54) is 0 Å². The molecule has 0 bridgehead atoms. The van der Waals surface area contributed by atoms with Gasteiger partial charge in [0.25, 0.3) is 5.91 Å². The average Bonchev–Trinajstić information content (AvgIpc) is 3.36. The van der Waals surface area contributed by atoms with Gasteiger partial charge in [0.2, 0.25) is 0 Å². The first-order chi connectivity index (χ1) is 14.1. The molecule has 1 saturated heterocycles. The standard InChI is InChI=1S/C23H26N4O2/c1-4-9-20-24-14-18(22-15(2)16(3)26-29-22)21(25-20)19-12-8-13-27(19)23(28)17-10-6-5-7-11-17/h5-7,10-11,14,19H,4,8-9,12-13H2,1-3H3. The summed E-state index contributed by atoms with van der Waals surface area (Å²) in [6.07, 6.45) is 5.44. The molecule has 0 spiro atoms. The predicted octanol–water partition coefficient (Wildman–Crippen LogP) is 4.68. The van der Waals surface area contributed by atoms with Crippen LogP contribution in [0.5, 0.6) is 0 Å². The molecule has 1 atom stereocenters. The van der Waals surface area contributed by atoms with Gasteiger partial charge in [-0.15, -0.1) is 0 Å². The molecule has 1 aliphatic heterocycles. The molecule has 2 aromatic heterocycles. The fourth-order valence-corrected chi connectivity index (χ4v) is 3.91. The maximum Gasteiger partial charge on any atom is 0.254 e. The second-order valence-electron chi connectivity index (χ2n) is 7.58. The van der Waals surface area contributed by atoms with Crippen LogP contribution in [0.1, 0.15) is 65.4 Å². The normalized spacial score (nSPS) is 16.4. The minimum absolute atomic E-state index is 0.0418. The van der Waals surface area contributed by atoms with Gasteiger partial charge in [0.1, 0.15) is 5.82 Å². The van der Waals surface area contributed by atoms with E-state index in [9.17, 15) is 4.79 Å². The molecular formula is C23H26N4O2. The van der Waals surface area contributed by atoms with Gasteiger partial charge in [-0.1, -0.05) is 30.3 Å². The Labute approximate surface area is 171 Å². The summed E-state index contributed by atoms with van der Waals surface area (Å²) >= 11 is 0. The smallest absolute Gasteiger partial charge is 0.254 e. The van der Waals surface area contributed by atoms with Gasteiger partial charge >= 0.3 is 0 Å². The highest BCUT2D eigenvalue weighted by Crippen LogP contribution is 2.38. The van der Waals surface area contributed by atoms with Crippen molar-refractivity contribution in [3.63, 3.8) is 0 Å². The maximum absolute atomic E-state index is 13.2. The molecular weight excluding hydrogens is 364 g/mol. The zero-order valence-electron chi connectivity index (χ0n) is 17.2. The van der Waals surface area contributed by atoms with Crippen molar-refractivity contribution in [1.29, 1.82) is 0 Å². The first kappa shape index (κ1) is 19.3. The van der Waals surface area contributed by atoms with Crippen LogP contribution in [-0.4, -0.2) is 32.5 Å². The van der Waals surface area contributed by atoms with Crippen LogP contribution >= 0.6 is 0 Å². The zero-order valence-corrected chi connectivity index (χ0v) is 17.2. The Bertz CT molecular complexity index is 1010. The number of aromatic nitrogens is 3. The summed E-state index contributed by atoms with van der Waals surface area (Å²) in [7, 11) is 0. The SMILES string of the molecule is CCCc1ncc(-c2onc(C)c2C)c(C2CCCN2C(=O)c2ccccc2)n1. The van der Waals surface area contributed by atoms with E-state index in [-0.39, 0.29) is 11.9 Å². The first-order valence-corrected chi connectivity index (χ1v) is 10.2. The van der Waals surface area contributed by atoms with E-state index in [1.54, 1.807) is 0 Å². The van der Waals surface area contributed by atoms with Crippen LogP contribution in [0.4, 0.5) is 0 Å². The Hall–Kier alpha value is -3.02. The van der Waals surface area contributed by atoms with Crippen LogP contribution < -0.4 is 0 Å². The maximum atomic E-state index is 13.2. The van der Waals surface area contributed by atoms with E-state index in [0.717, 1.165) is 60.6 Å². The van der Waals surface area contributed by atoms with Gasteiger partial charge in [-0.3, -0.25) is 4.79 Å². The molecule has 3 heterocycles. The van der Waals surface area contributed by atoms with E-state index < -0.39 is 0 Å². The molecule has 1 unspecified atom stereocenters. The number of rotatable bonds is 5. The van der Waals surface area contributed by atoms with E-state index in [4.69, 9.17) is 9.51 Å². The fraction of sp³-hybridized carbons (Fsp3) is 0.391. The number of benzene rings is 1. The van der Waals surface area contributed by atoms with Crippen LogP contribution in [-0.2, 0) is 6.42 Å². The molecule has 6 heteroatoms. The molecule has 150 valence electrons. The third-order valence-electron chi connectivity index (χ3n) is 5.59. The molecule has 1 aliphatic rings. The van der Waals surface area contributed by atoms with Gasteiger partial charge in [0.05, 0.1) is 23.0 Å². The van der Waals surface area contributed by atoms with Gasteiger partial charge < -0.3 is 9.42 Å². The van der Waals surface area contributed by atoms with Crippen molar-refractivity contribution in [1.82, 2.24) is 20.0 Å². The number of carbonyl (C=O) groups is 1. The second-order valence-corrected chi connectivity index (χ2v) is 7.58. The van der Waals surface area contributed by atoms with Crippen LogP contribution in [0.25, 0.3) is 11.3 Å². The van der Waals surface area contributed by atoms with Crippen molar-refractivity contribution in [3.05, 3.63) is 64.9 Å². The Morgan fingerprint density at radius 1 is 1.24 bits per heavy atom. The molecule has 0 saturated carbocycles. The molecule has 3 aromatic rings. The predicted molar refractivity (Wildman–Crippen MR) is 110 cm³/mol. The highest BCUT2D eigenvalue weighted by Gasteiger charge is 2.34. The van der Waals surface area contributed by atoms with Crippen molar-refractivity contribution >= 4 is 5.91 Å². The highest BCUT2D eigenvalue weighted by molar-refractivity contribution is 5.94. The molecule has 0 radical (unpaired) electrons. The van der Waals surface area contributed by atoms with E-state index in [2.05, 4.69) is 17.1 Å². The lowest BCUT2D eigenvalue weighted by Crippen LogP contribution is -2.31. The summed E-state index contributed by atoms with van der Waals surface area (Å²) < 4.78 is 5.63. The monoisotopic (exact) mass is 390 g/mol. The van der Waals surface area contributed by atoms with Crippen molar-refractivity contribution in [3.8, 4) is 11.3 Å². The van der Waals surface area contributed by atoms with E-state index >= 15 is 0 Å². The quantitative estimate of drug-likeness (QED) is 0.632. The number of hydrogen-bond donors (Lipinski definition) is 0. The fourth-order valence-electron chi connectivity index (χ4n) is 3.91. The van der Waals surface area contributed by atoms with Crippen molar-refractivity contribution in [2.45, 2.75) is 52.5 Å². The number of aryl methyl sites for hydroxylation is 2. The third-order valence-corrected chi connectivity index (χ3v) is 5.59. The number of nitrogens with zero attached hydrogens (tertiary/aromatic N) is 4. The van der Waals surface area contributed by atoms with Crippen LogP contribution in [0.3, 0.4) is 0 Å². The minimum Gasteiger partial charge on any atom is -0.356 e. The zero-order chi connectivity index (χ0) is 20.4. The first-order valence-electron chi connectivity index (χ1n) is 10.2. The minimum atomic E-state index is -0.0962. The summed E-state index contributed by atoms with van der Waals surface area (Å²) in [6, 6.07) is 9.35. The van der Waals surface area contributed by atoms with E-state index in [1.807, 2.05) is 55.3 Å². The van der Waals surface area contributed by atoms with Gasteiger partial charge in [0, 0.05) is 30.3 Å². The van der Waals surface area contributed by atoms with Crippen LogP contribution in [0.2, 0.25) is 0 Å². The molecule has 29 heavy (non-hydrogen) atoms. The molecule has 6 nitrogen and oxygen atoms in total. The summed E-state index contributed by atoms with van der Waals surface area (Å²) in [5, 5.41) is 4.11. The van der Waals surface area contributed by atoms with Gasteiger partial charge in [-0.25, -0.2) is 9.97 Å². The average molecular weight is 390 g/mol. The molecule has 1 amide bonds. The van der Waals surface area contributed by atoms with E-state index in [0.29, 0.717) is 11.3 Å². The number of amides is 1. The van der Waals surface area contributed by atoms with Gasteiger partial charge in [-0.05, 0) is 45.2 Å². The second kappa shape index (κ2) is 8.15. The summed E-state index contributed by atoms with van der Waals surface area (Å²) in [5.74, 6) is 1.54. The molecule has 1 aromatic carbocycles. The molecule has 4 rings (SSSR count). The largest absolute Gasteiger partial charge is 0.356 e. The van der Waals surface area contributed by atoms with Gasteiger partial charge in [0.15, 0.2) is 5.76 Å². The van der Waals surface area contributed by atoms with Crippen LogP contribution in [0.15, 0.2) is 41.1 Å².